The quantitative estimate of drug-likeness (QED) is 0.0391. The van der Waals surface area contributed by atoms with E-state index < -0.39 is 32.5 Å². The lowest BCUT2D eigenvalue weighted by molar-refractivity contribution is -0.161. The van der Waals surface area contributed by atoms with E-state index in [4.69, 9.17) is 19.7 Å². The van der Waals surface area contributed by atoms with Gasteiger partial charge in [-0.2, -0.15) is 0 Å². The van der Waals surface area contributed by atoms with Crippen LogP contribution in [-0.4, -0.2) is 49.3 Å². The molecule has 0 aromatic heterocycles. The van der Waals surface area contributed by atoms with Crippen molar-refractivity contribution < 1.29 is 37.6 Å². The first kappa shape index (κ1) is 38.8. The molecule has 236 valence electrons. The van der Waals surface area contributed by atoms with Gasteiger partial charge in [0.1, 0.15) is 6.61 Å². The molecule has 0 aliphatic heterocycles. The van der Waals surface area contributed by atoms with Crippen molar-refractivity contribution in [2.24, 2.45) is 5.73 Å². The molecule has 0 saturated heterocycles. The number of carbonyl (C=O) groups excluding carboxylic acids is 2. The van der Waals surface area contributed by atoms with Crippen LogP contribution in [0.2, 0.25) is 0 Å². The van der Waals surface area contributed by atoms with Crippen molar-refractivity contribution in [1.29, 1.82) is 0 Å². The summed E-state index contributed by atoms with van der Waals surface area (Å²) in [5, 5.41) is 0. The molecule has 0 bridgehead atoms. The lowest BCUT2D eigenvalue weighted by Crippen LogP contribution is -2.29. The number of hydrogen-bond acceptors (Lipinski definition) is 8. The third kappa shape index (κ3) is 26.9. The second kappa shape index (κ2) is 27.9. The van der Waals surface area contributed by atoms with Crippen LogP contribution in [0.5, 0.6) is 0 Å². The lowest BCUT2D eigenvalue weighted by Gasteiger charge is -2.19. The number of rotatable bonds is 29. The Morgan fingerprint density at radius 2 is 1.27 bits per heavy atom. The predicted octanol–water partition coefficient (Wildman–Crippen LogP) is 7.54. The normalized spacial score (nSPS) is 13.8. The maximum Gasteiger partial charge on any atom is 0.472 e. The van der Waals surface area contributed by atoms with Crippen molar-refractivity contribution in [3.8, 4) is 0 Å². The average molecular weight is 592 g/mol. The fourth-order valence-corrected chi connectivity index (χ4v) is 4.84. The maximum absolute atomic E-state index is 12.3. The zero-order valence-electron chi connectivity index (χ0n) is 25.3. The van der Waals surface area contributed by atoms with E-state index in [1.165, 1.54) is 70.6 Å². The molecule has 0 rings (SSSR count). The highest BCUT2D eigenvalue weighted by molar-refractivity contribution is 7.47. The molecule has 9 nitrogen and oxygen atoms in total. The molecule has 40 heavy (non-hydrogen) atoms. The molecule has 2 atom stereocenters. The van der Waals surface area contributed by atoms with Gasteiger partial charge in [0.05, 0.1) is 13.2 Å². The highest BCUT2D eigenvalue weighted by Crippen LogP contribution is 2.43. The zero-order valence-corrected chi connectivity index (χ0v) is 26.2. The molecule has 2 unspecified atom stereocenters. The van der Waals surface area contributed by atoms with E-state index in [0.29, 0.717) is 12.8 Å². The molecule has 0 radical (unpaired) electrons. The van der Waals surface area contributed by atoms with Crippen LogP contribution in [-0.2, 0) is 32.7 Å². The highest BCUT2D eigenvalue weighted by Gasteiger charge is 2.25. The Kier molecular flexibility index (Phi) is 27.0. The fourth-order valence-electron chi connectivity index (χ4n) is 4.08. The topological polar surface area (TPSA) is 134 Å². The van der Waals surface area contributed by atoms with E-state index in [1.54, 1.807) is 0 Å². The number of hydrogen-bond donors (Lipinski definition) is 2. The van der Waals surface area contributed by atoms with Crippen LogP contribution in [0.15, 0.2) is 12.2 Å². The van der Waals surface area contributed by atoms with Crippen LogP contribution in [0.4, 0.5) is 0 Å². The van der Waals surface area contributed by atoms with E-state index in [2.05, 4.69) is 23.6 Å². The first-order chi connectivity index (χ1) is 19.3. The van der Waals surface area contributed by atoms with Gasteiger partial charge in [-0.1, -0.05) is 96.6 Å². The number of carbonyl (C=O) groups is 2. The number of nitrogens with two attached hydrogens (primary N) is 1. The number of esters is 2. The summed E-state index contributed by atoms with van der Waals surface area (Å²) in [5.74, 6) is -0.895. The summed E-state index contributed by atoms with van der Waals surface area (Å²) < 4.78 is 31.9. The standard InChI is InChI=1S/C30H58NO8P/c1-3-5-6-7-8-9-10-11-12-13-14-15-16-17-18-19-20-21-23-30(33)39-28(26-36-29(32)22-4-2)27-38-40(34,35)37-25-24-31/h12-13,28H,3-11,14-27,31H2,1-2H3,(H,34,35)/b13-12-. The third-order valence-corrected chi connectivity index (χ3v) is 7.36. The van der Waals surface area contributed by atoms with E-state index in [9.17, 15) is 19.0 Å². The van der Waals surface area contributed by atoms with Crippen LogP contribution in [0.3, 0.4) is 0 Å². The maximum atomic E-state index is 12.3. The summed E-state index contributed by atoms with van der Waals surface area (Å²) in [6, 6.07) is 0. The minimum Gasteiger partial charge on any atom is -0.462 e. The Hall–Kier alpha value is -1.25. The third-order valence-electron chi connectivity index (χ3n) is 6.37. The van der Waals surface area contributed by atoms with Gasteiger partial charge in [0.25, 0.3) is 0 Å². The summed E-state index contributed by atoms with van der Waals surface area (Å²) in [7, 11) is -4.34. The molecule has 0 amide bonds. The summed E-state index contributed by atoms with van der Waals surface area (Å²) in [5.41, 5.74) is 5.26. The van der Waals surface area contributed by atoms with E-state index >= 15 is 0 Å². The van der Waals surface area contributed by atoms with Crippen molar-refractivity contribution in [3.63, 3.8) is 0 Å². The Balaban J connectivity index is 3.94. The summed E-state index contributed by atoms with van der Waals surface area (Å²) in [4.78, 5) is 33.6. The van der Waals surface area contributed by atoms with Gasteiger partial charge in [-0.25, -0.2) is 4.57 Å². The summed E-state index contributed by atoms with van der Waals surface area (Å²) in [6.07, 6.45) is 24.1. The molecule has 10 heteroatoms. The van der Waals surface area contributed by atoms with Crippen molar-refractivity contribution in [3.05, 3.63) is 12.2 Å². The number of unbranched alkanes of at least 4 members (excludes halogenated alkanes) is 14. The second-order valence-electron chi connectivity index (χ2n) is 10.3. The molecule has 0 spiro atoms. The fraction of sp³-hybridized carbons (Fsp3) is 0.867. The molecule has 0 saturated carbocycles. The molecule has 0 aliphatic carbocycles. The van der Waals surface area contributed by atoms with Gasteiger partial charge in [-0.05, 0) is 38.5 Å². The molecule has 3 N–H and O–H groups in total. The molecule has 0 aromatic rings. The molecule has 0 aliphatic rings. The lowest BCUT2D eigenvalue weighted by atomic mass is 10.1. The second-order valence-corrected chi connectivity index (χ2v) is 11.8. The van der Waals surface area contributed by atoms with Gasteiger partial charge in [0.15, 0.2) is 6.10 Å². The Labute approximate surface area is 243 Å². The van der Waals surface area contributed by atoms with Gasteiger partial charge in [-0.15, -0.1) is 0 Å². The van der Waals surface area contributed by atoms with Crippen LogP contribution < -0.4 is 5.73 Å². The van der Waals surface area contributed by atoms with Gasteiger partial charge in [-0.3, -0.25) is 18.6 Å². The zero-order chi connectivity index (χ0) is 29.7. The van der Waals surface area contributed by atoms with Gasteiger partial charge in [0.2, 0.25) is 0 Å². The smallest absolute Gasteiger partial charge is 0.462 e. The predicted molar refractivity (Wildman–Crippen MR) is 160 cm³/mol. The summed E-state index contributed by atoms with van der Waals surface area (Å²) >= 11 is 0. The van der Waals surface area contributed by atoms with Crippen LogP contribution >= 0.6 is 7.82 Å². The number of phosphoric acid groups is 1. The van der Waals surface area contributed by atoms with E-state index in [0.717, 1.165) is 25.7 Å². The molecule has 0 heterocycles. The van der Waals surface area contributed by atoms with Crippen molar-refractivity contribution in [2.75, 3.05) is 26.4 Å². The van der Waals surface area contributed by atoms with Crippen LogP contribution in [0, 0.1) is 0 Å². The SMILES string of the molecule is CCCCCCCCC/C=C\CCCCCCCCCC(=O)OC(COC(=O)CCC)COP(=O)(O)OCCN. The Morgan fingerprint density at radius 1 is 0.725 bits per heavy atom. The monoisotopic (exact) mass is 591 g/mol. The Bertz CT molecular complexity index is 689. The van der Waals surface area contributed by atoms with Gasteiger partial charge in [0, 0.05) is 19.4 Å². The largest absolute Gasteiger partial charge is 0.472 e. The van der Waals surface area contributed by atoms with Crippen LogP contribution in [0.1, 0.15) is 136 Å². The molecular formula is C30H58NO8P. The first-order valence-electron chi connectivity index (χ1n) is 15.7. The number of phosphoric ester groups is 1. The molecular weight excluding hydrogens is 533 g/mol. The minimum atomic E-state index is -4.34. The molecule has 0 fully saturated rings. The van der Waals surface area contributed by atoms with Gasteiger partial charge < -0.3 is 20.1 Å². The Morgan fingerprint density at radius 3 is 1.82 bits per heavy atom. The van der Waals surface area contributed by atoms with Crippen molar-refractivity contribution in [1.82, 2.24) is 0 Å². The van der Waals surface area contributed by atoms with Gasteiger partial charge >= 0.3 is 19.8 Å². The minimum absolute atomic E-state index is 0.0533. The van der Waals surface area contributed by atoms with Crippen molar-refractivity contribution in [2.45, 2.75) is 142 Å². The van der Waals surface area contributed by atoms with E-state index in [-0.39, 0.29) is 32.6 Å². The molecule has 0 aromatic carbocycles. The number of ether oxygens (including phenoxy) is 2. The summed E-state index contributed by atoms with van der Waals surface area (Å²) in [6.45, 7) is 3.31. The van der Waals surface area contributed by atoms with Crippen molar-refractivity contribution >= 4 is 19.8 Å². The number of allylic oxidation sites excluding steroid dienone is 2. The first-order valence-corrected chi connectivity index (χ1v) is 17.2. The highest BCUT2D eigenvalue weighted by atomic mass is 31.2. The van der Waals surface area contributed by atoms with E-state index in [1.807, 2.05) is 6.92 Å². The van der Waals surface area contributed by atoms with Crippen LogP contribution in [0.25, 0.3) is 0 Å². The average Bonchev–Trinajstić information content (AvgIpc) is 2.93.